The van der Waals surface area contributed by atoms with Gasteiger partial charge < -0.3 is 20.5 Å². The Bertz CT molecular complexity index is 712. The average molecular weight is 505 g/mol. The normalized spacial score (nSPS) is 12.1. The number of rotatable bonds is 9. The topological polar surface area (TPSA) is 65.9 Å². The predicted octanol–water partition coefficient (Wildman–Crippen LogP) is 3.12. The van der Waals surface area contributed by atoms with Crippen molar-refractivity contribution in [2.24, 2.45) is 4.99 Å². The fourth-order valence-corrected chi connectivity index (χ4v) is 2.29. The van der Waals surface area contributed by atoms with Crippen molar-refractivity contribution in [3.8, 4) is 5.75 Å². The number of aliphatic imine (C=N–C) groups is 1. The number of nitrogens with zero attached hydrogens (tertiary/aromatic N) is 1. The van der Waals surface area contributed by atoms with Gasteiger partial charge in [0.1, 0.15) is 30.1 Å². The summed E-state index contributed by atoms with van der Waals surface area (Å²) in [5.74, 6) is 0.483. The lowest BCUT2D eigenvalue weighted by molar-refractivity contribution is 0.114. The van der Waals surface area contributed by atoms with Crippen molar-refractivity contribution in [3.05, 3.63) is 65.7 Å². The third-order valence-electron chi connectivity index (χ3n) is 3.68. The monoisotopic (exact) mass is 505 g/mol. The first-order valence-corrected chi connectivity index (χ1v) is 8.90. The summed E-state index contributed by atoms with van der Waals surface area (Å²) < 4.78 is 31.2. The first-order chi connectivity index (χ1) is 13.1. The van der Waals surface area contributed by atoms with Gasteiger partial charge in [0, 0.05) is 13.1 Å². The van der Waals surface area contributed by atoms with Crippen molar-refractivity contribution < 1.29 is 18.6 Å². The van der Waals surface area contributed by atoms with E-state index in [4.69, 9.17) is 4.74 Å². The molecule has 0 fully saturated rings. The lowest BCUT2D eigenvalue weighted by atomic mass is 10.1. The number of hydrogen-bond donors (Lipinski definition) is 3. The van der Waals surface area contributed by atoms with Gasteiger partial charge in [-0.2, -0.15) is 0 Å². The fraction of sp³-hybridized carbons (Fsp3) is 0.350. The van der Waals surface area contributed by atoms with Crippen LogP contribution in [0.15, 0.2) is 53.5 Å². The molecule has 0 aromatic heterocycles. The highest BCUT2D eigenvalue weighted by molar-refractivity contribution is 14.0. The first kappa shape index (κ1) is 24.1. The van der Waals surface area contributed by atoms with E-state index >= 15 is 0 Å². The zero-order valence-electron chi connectivity index (χ0n) is 15.7. The third-order valence-corrected chi connectivity index (χ3v) is 3.68. The second kappa shape index (κ2) is 13.3. The Morgan fingerprint density at radius 3 is 2.25 bits per heavy atom. The minimum Gasteiger partial charge on any atom is -0.491 e. The molecule has 0 spiro atoms. The van der Waals surface area contributed by atoms with Crippen LogP contribution >= 0.6 is 24.0 Å². The Kier molecular flexibility index (Phi) is 11.4. The molecule has 0 saturated heterocycles. The molecule has 154 valence electrons. The van der Waals surface area contributed by atoms with Crippen molar-refractivity contribution in [3.63, 3.8) is 0 Å². The molecular weight excluding hydrogens is 479 g/mol. The van der Waals surface area contributed by atoms with Crippen molar-refractivity contribution in [2.75, 3.05) is 26.2 Å². The number of benzene rings is 2. The maximum Gasteiger partial charge on any atom is 0.191 e. The maximum atomic E-state index is 12.9. The summed E-state index contributed by atoms with van der Waals surface area (Å²) in [6.07, 6.45) is -0.0661. The molecule has 2 rings (SSSR count). The van der Waals surface area contributed by atoms with E-state index in [1.54, 1.807) is 12.1 Å². The molecular formula is C20H26F2IN3O2. The van der Waals surface area contributed by atoms with E-state index in [1.165, 1.54) is 36.4 Å². The van der Waals surface area contributed by atoms with Gasteiger partial charge in [0.05, 0.1) is 6.54 Å². The van der Waals surface area contributed by atoms with Crippen molar-refractivity contribution in [2.45, 2.75) is 19.4 Å². The van der Waals surface area contributed by atoms with Gasteiger partial charge in [-0.15, -0.1) is 24.0 Å². The number of aliphatic hydroxyl groups excluding tert-OH is 1. The summed E-state index contributed by atoms with van der Waals surface area (Å²) in [5.41, 5.74) is 1.02. The lowest BCUT2D eigenvalue weighted by Crippen LogP contribution is -2.39. The van der Waals surface area contributed by atoms with Gasteiger partial charge in [-0.25, -0.2) is 8.78 Å². The standard InChI is InChI=1S/C20H25F2N3O2.HI/c1-2-23-20(24-12-11-15-3-5-16(21)6-4-15)25-13-18(26)14-27-19-9-7-17(22)8-10-19;/h3-10,18,26H,2,11-14H2,1H3,(H2,23,24,25);1H. The van der Waals surface area contributed by atoms with E-state index in [-0.39, 0.29) is 48.8 Å². The molecule has 1 unspecified atom stereocenters. The van der Waals surface area contributed by atoms with Crippen LogP contribution in [0.4, 0.5) is 8.78 Å². The molecule has 5 nitrogen and oxygen atoms in total. The first-order valence-electron chi connectivity index (χ1n) is 8.90. The number of nitrogens with one attached hydrogen (secondary N) is 2. The van der Waals surface area contributed by atoms with E-state index < -0.39 is 6.10 Å². The van der Waals surface area contributed by atoms with Crippen LogP contribution in [0.25, 0.3) is 0 Å². The molecule has 0 radical (unpaired) electrons. The van der Waals surface area contributed by atoms with E-state index in [2.05, 4.69) is 15.6 Å². The third kappa shape index (κ3) is 9.32. The smallest absolute Gasteiger partial charge is 0.191 e. The summed E-state index contributed by atoms with van der Waals surface area (Å²) in [5, 5.41) is 16.3. The summed E-state index contributed by atoms with van der Waals surface area (Å²) in [4.78, 5) is 4.33. The van der Waals surface area contributed by atoms with Gasteiger partial charge in [0.15, 0.2) is 5.96 Å². The Morgan fingerprint density at radius 1 is 1.04 bits per heavy atom. The molecule has 0 heterocycles. The molecule has 0 amide bonds. The van der Waals surface area contributed by atoms with Crippen LogP contribution in [-0.2, 0) is 6.42 Å². The SMILES string of the molecule is CCNC(=NCC(O)COc1ccc(F)cc1)NCCc1ccc(F)cc1.I. The van der Waals surface area contributed by atoms with E-state index in [0.29, 0.717) is 24.8 Å². The highest BCUT2D eigenvalue weighted by Gasteiger charge is 2.06. The number of hydrogen-bond acceptors (Lipinski definition) is 3. The summed E-state index contributed by atoms with van der Waals surface area (Å²) in [6.45, 7) is 3.48. The van der Waals surface area contributed by atoms with Crippen LogP contribution in [0.1, 0.15) is 12.5 Å². The van der Waals surface area contributed by atoms with Crippen LogP contribution in [0.2, 0.25) is 0 Å². The van der Waals surface area contributed by atoms with Gasteiger partial charge in [-0.1, -0.05) is 12.1 Å². The fourth-order valence-electron chi connectivity index (χ4n) is 2.29. The Morgan fingerprint density at radius 2 is 1.64 bits per heavy atom. The van der Waals surface area contributed by atoms with Crippen LogP contribution in [-0.4, -0.2) is 43.4 Å². The largest absolute Gasteiger partial charge is 0.491 e. The molecule has 3 N–H and O–H groups in total. The van der Waals surface area contributed by atoms with E-state index in [0.717, 1.165) is 12.0 Å². The van der Waals surface area contributed by atoms with Crippen LogP contribution in [0.3, 0.4) is 0 Å². The average Bonchev–Trinajstić information content (AvgIpc) is 2.67. The molecule has 0 saturated carbocycles. The van der Waals surface area contributed by atoms with Crippen LogP contribution < -0.4 is 15.4 Å². The van der Waals surface area contributed by atoms with Crippen molar-refractivity contribution in [1.29, 1.82) is 0 Å². The van der Waals surface area contributed by atoms with Gasteiger partial charge in [0.2, 0.25) is 0 Å². The molecule has 2 aromatic carbocycles. The number of ether oxygens (including phenoxy) is 1. The minimum absolute atomic E-state index is 0. The maximum absolute atomic E-state index is 12.9. The molecule has 2 aromatic rings. The highest BCUT2D eigenvalue weighted by atomic mass is 127. The Balaban J connectivity index is 0.00000392. The minimum atomic E-state index is -0.789. The number of aliphatic hydroxyl groups is 1. The van der Waals surface area contributed by atoms with Crippen molar-refractivity contribution >= 4 is 29.9 Å². The molecule has 0 aliphatic rings. The molecule has 28 heavy (non-hydrogen) atoms. The molecule has 0 aliphatic carbocycles. The second-order valence-corrected chi connectivity index (χ2v) is 5.94. The van der Waals surface area contributed by atoms with Gasteiger partial charge in [-0.3, -0.25) is 4.99 Å². The Labute approximate surface area is 181 Å². The number of guanidine groups is 1. The van der Waals surface area contributed by atoms with E-state index in [9.17, 15) is 13.9 Å². The zero-order chi connectivity index (χ0) is 19.5. The van der Waals surface area contributed by atoms with Crippen LogP contribution in [0, 0.1) is 11.6 Å². The lowest BCUT2D eigenvalue weighted by Gasteiger charge is -2.14. The summed E-state index contributed by atoms with van der Waals surface area (Å²) in [6, 6.07) is 12.0. The highest BCUT2D eigenvalue weighted by Crippen LogP contribution is 2.11. The van der Waals surface area contributed by atoms with Gasteiger partial charge in [-0.05, 0) is 55.3 Å². The second-order valence-electron chi connectivity index (χ2n) is 5.94. The molecule has 0 bridgehead atoms. The summed E-state index contributed by atoms with van der Waals surface area (Å²) in [7, 11) is 0. The Hall–Kier alpha value is -1.94. The molecule has 8 heteroatoms. The van der Waals surface area contributed by atoms with Gasteiger partial charge in [0.25, 0.3) is 0 Å². The van der Waals surface area contributed by atoms with Crippen LogP contribution in [0.5, 0.6) is 5.75 Å². The quantitative estimate of drug-likeness (QED) is 0.279. The zero-order valence-corrected chi connectivity index (χ0v) is 18.0. The summed E-state index contributed by atoms with van der Waals surface area (Å²) >= 11 is 0. The van der Waals surface area contributed by atoms with Crippen molar-refractivity contribution in [1.82, 2.24) is 10.6 Å². The van der Waals surface area contributed by atoms with Gasteiger partial charge >= 0.3 is 0 Å². The molecule has 0 aliphatic heterocycles. The number of halogens is 3. The molecule has 1 atom stereocenters. The van der Waals surface area contributed by atoms with E-state index in [1.807, 2.05) is 6.92 Å². The predicted molar refractivity (Wildman–Crippen MR) is 117 cm³/mol.